The van der Waals surface area contributed by atoms with E-state index in [-0.39, 0.29) is 5.91 Å². The normalized spacial score (nSPS) is 12.1. The zero-order valence-electron chi connectivity index (χ0n) is 13.6. The smallest absolute Gasteiger partial charge is 0.288 e. The molecule has 0 aliphatic heterocycles. The predicted octanol–water partition coefficient (Wildman–Crippen LogP) is 2.28. The average molecular weight is 325 g/mol. The first-order valence-corrected chi connectivity index (χ1v) is 7.84. The van der Waals surface area contributed by atoms with Crippen LogP contribution in [0.15, 0.2) is 47.2 Å². The minimum Gasteiger partial charge on any atom is -0.339 e. The van der Waals surface area contributed by atoms with Crippen molar-refractivity contribution in [2.75, 3.05) is 0 Å². The SMILES string of the molecule is CCCc1nc(C(NC(=O)c2nccn2C)c2ccccc2)no1. The minimum absolute atomic E-state index is 0.293. The lowest BCUT2D eigenvalue weighted by molar-refractivity contribution is 0.0927. The summed E-state index contributed by atoms with van der Waals surface area (Å²) in [4.78, 5) is 21.0. The highest BCUT2D eigenvalue weighted by Gasteiger charge is 2.24. The number of hydrogen-bond donors (Lipinski definition) is 1. The van der Waals surface area contributed by atoms with Gasteiger partial charge in [-0.05, 0) is 12.0 Å². The van der Waals surface area contributed by atoms with Crippen LogP contribution in [0.1, 0.15) is 47.3 Å². The number of carbonyl (C=O) groups excluding carboxylic acids is 1. The first kappa shape index (κ1) is 15.9. The van der Waals surface area contributed by atoms with Crippen molar-refractivity contribution < 1.29 is 9.32 Å². The Kier molecular flexibility index (Phi) is 4.69. The minimum atomic E-state index is -0.496. The number of rotatable bonds is 6. The van der Waals surface area contributed by atoms with Gasteiger partial charge in [-0.3, -0.25) is 4.79 Å². The summed E-state index contributed by atoms with van der Waals surface area (Å²) in [6.45, 7) is 2.04. The lowest BCUT2D eigenvalue weighted by Gasteiger charge is -2.15. The number of imidazole rings is 1. The summed E-state index contributed by atoms with van der Waals surface area (Å²) in [7, 11) is 1.77. The number of nitrogens with zero attached hydrogens (tertiary/aromatic N) is 4. The van der Waals surface area contributed by atoms with Gasteiger partial charge in [0.1, 0.15) is 6.04 Å². The lowest BCUT2D eigenvalue weighted by atomic mass is 10.1. The number of aromatic nitrogens is 4. The van der Waals surface area contributed by atoms with E-state index in [1.165, 1.54) is 0 Å². The summed E-state index contributed by atoms with van der Waals surface area (Å²) in [5.74, 6) is 1.04. The third-order valence-electron chi connectivity index (χ3n) is 3.64. The third kappa shape index (κ3) is 3.34. The monoisotopic (exact) mass is 325 g/mol. The molecule has 0 aliphatic carbocycles. The maximum absolute atomic E-state index is 12.5. The molecule has 3 aromatic rings. The van der Waals surface area contributed by atoms with Crippen LogP contribution in [-0.2, 0) is 13.5 Å². The highest BCUT2D eigenvalue weighted by Crippen LogP contribution is 2.20. The van der Waals surface area contributed by atoms with Crippen molar-refractivity contribution in [2.24, 2.45) is 7.05 Å². The van der Waals surface area contributed by atoms with Gasteiger partial charge in [0.05, 0.1) is 0 Å². The van der Waals surface area contributed by atoms with Crippen LogP contribution in [0.25, 0.3) is 0 Å². The molecule has 0 aliphatic rings. The van der Waals surface area contributed by atoms with E-state index >= 15 is 0 Å². The molecule has 1 aromatic carbocycles. The standard InChI is InChI=1S/C17H19N5O2/c1-3-7-13-19-15(21-24-13)14(12-8-5-4-6-9-12)20-17(23)16-18-10-11-22(16)2/h4-6,8-11,14H,3,7H2,1-2H3,(H,20,23). The molecule has 3 rings (SSSR count). The first-order valence-electron chi connectivity index (χ1n) is 7.84. The first-order chi connectivity index (χ1) is 11.7. The van der Waals surface area contributed by atoms with Gasteiger partial charge in [-0.1, -0.05) is 42.4 Å². The van der Waals surface area contributed by atoms with Gasteiger partial charge in [0.25, 0.3) is 5.91 Å². The molecule has 1 unspecified atom stereocenters. The molecule has 7 nitrogen and oxygen atoms in total. The van der Waals surface area contributed by atoms with E-state index in [1.807, 2.05) is 37.3 Å². The lowest BCUT2D eigenvalue weighted by Crippen LogP contribution is -2.31. The fraction of sp³-hybridized carbons (Fsp3) is 0.294. The second kappa shape index (κ2) is 7.08. The number of hydrogen-bond acceptors (Lipinski definition) is 5. The van der Waals surface area contributed by atoms with Crippen LogP contribution in [0.4, 0.5) is 0 Å². The van der Waals surface area contributed by atoms with Gasteiger partial charge in [-0.15, -0.1) is 0 Å². The second-order valence-electron chi connectivity index (χ2n) is 5.48. The molecule has 124 valence electrons. The molecule has 7 heteroatoms. The molecule has 1 atom stereocenters. The Morgan fingerprint density at radius 3 is 2.79 bits per heavy atom. The van der Waals surface area contributed by atoms with Gasteiger partial charge in [-0.25, -0.2) is 4.98 Å². The Hall–Kier alpha value is -2.96. The van der Waals surface area contributed by atoms with Crippen molar-refractivity contribution in [1.29, 1.82) is 0 Å². The predicted molar refractivity (Wildman–Crippen MR) is 87.3 cm³/mol. The van der Waals surface area contributed by atoms with Gasteiger partial charge in [0.2, 0.25) is 5.89 Å². The molecular weight excluding hydrogens is 306 g/mol. The molecule has 24 heavy (non-hydrogen) atoms. The largest absolute Gasteiger partial charge is 0.339 e. The van der Waals surface area contributed by atoms with Crippen LogP contribution >= 0.6 is 0 Å². The summed E-state index contributed by atoms with van der Waals surface area (Å²) >= 11 is 0. The maximum Gasteiger partial charge on any atom is 0.288 e. The van der Waals surface area contributed by atoms with Crippen molar-refractivity contribution in [3.05, 3.63) is 65.8 Å². The molecule has 1 N–H and O–H groups in total. The maximum atomic E-state index is 12.5. The van der Waals surface area contributed by atoms with Crippen molar-refractivity contribution in [1.82, 2.24) is 25.0 Å². The fourth-order valence-electron chi connectivity index (χ4n) is 2.42. The number of amides is 1. The molecule has 2 heterocycles. The molecule has 0 spiro atoms. The van der Waals surface area contributed by atoms with E-state index in [0.717, 1.165) is 12.0 Å². The molecule has 0 saturated carbocycles. The van der Waals surface area contributed by atoms with E-state index in [0.29, 0.717) is 24.0 Å². The second-order valence-corrected chi connectivity index (χ2v) is 5.48. The van der Waals surface area contributed by atoms with E-state index in [9.17, 15) is 4.79 Å². The Balaban J connectivity index is 1.90. The van der Waals surface area contributed by atoms with Crippen molar-refractivity contribution in [3.8, 4) is 0 Å². The molecule has 0 saturated heterocycles. The molecule has 0 radical (unpaired) electrons. The number of benzene rings is 1. The molecule has 2 aromatic heterocycles. The van der Waals surface area contributed by atoms with Crippen LogP contribution < -0.4 is 5.32 Å². The Morgan fingerprint density at radius 2 is 2.12 bits per heavy atom. The third-order valence-corrected chi connectivity index (χ3v) is 3.64. The number of nitrogens with one attached hydrogen (secondary N) is 1. The molecular formula is C17H19N5O2. The van der Waals surface area contributed by atoms with Crippen LogP contribution in [0.3, 0.4) is 0 Å². The molecule has 0 bridgehead atoms. The van der Waals surface area contributed by atoms with Gasteiger partial charge in [0, 0.05) is 25.9 Å². The summed E-state index contributed by atoms with van der Waals surface area (Å²) in [6.07, 6.45) is 4.93. The van der Waals surface area contributed by atoms with Crippen molar-refractivity contribution in [2.45, 2.75) is 25.8 Å². The zero-order valence-corrected chi connectivity index (χ0v) is 13.6. The summed E-state index contributed by atoms with van der Waals surface area (Å²) in [6, 6.07) is 9.06. The van der Waals surface area contributed by atoms with Gasteiger partial charge < -0.3 is 14.4 Å². The number of carbonyl (C=O) groups is 1. The highest BCUT2D eigenvalue weighted by atomic mass is 16.5. The Bertz CT molecular complexity index is 809. The van der Waals surface area contributed by atoms with Gasteiger partial charge >= 0.3 is 0 Å². The average Bonchev–Trinajstić information content (AvgIpc) is 3.23. The van der Waals surface area contributed by atoms with Crippen LogP contribution in [0, 0.1) is 0 Å². The van der Waals surface area contributed by atoms with Crippen LogP contribution in [0.5, 0.6) is 0 Å². The number of aryl methyl sites for hydroxylation is 2. The Morgan fingerprint density at radius 1 is 1.33 bits per heavy atom. The van der Waals surface area contributed by atoms with Gasteiger partial charge in [0.15, 0.2) is 11.6 Å². The highest BCUT2D eigenvalue weighted by molar-refractivity contribution is 5.91. The van der Waals surface area contributed by atoms with E-state index in [4.69, 9.17) is 4.52 Å². The summed E-state index contributed by atoms with van der Waals surface area (Å²) < 4.78 is 6.93. The van der Waals surface area contributed by atoms with Crippen LogP contribution in [-0.4, -0.2) is 25.6 Å². The molecule has 0 fully saturated rings. The zero-order chi connectivity index (χ0) is 16.9. The van der Waals surface area contributed by atoms with Crippen molar-refractivity contribution >= 4 is 5.91 Å². The van der Waals surface area contributed by atoms with E-state index in [2.05, 4.69) is 20.4 Å². The van der Waals surface area contributed by atoms with Crippen LogP contribution in [0.2, 0.25) is 0 Å². The fourth-order valence-corrected chi connectivity index (χ4v) is 2.42. The topological polar surface area (TPSA) is 85.8 Å². The summed E-state index contributed by atoms with van der Waals surface area (Å²) in [5.41, 5.74) is 0.879. The van der Waals surface area contributed by atoms with Crippen molar-refractivity contribution in [3.63, 3.8) is 0 Å². The molecule has 1 amide bonds. The quantitative estimate of drug-likeness (QED) is 0.751. The van der Waals surface area contributed by atoms with Gasteiger partial charge in [-0.2, -0.15) is 4.98 Å². The van der Waals surface area contributed by atoms with E-state index < -0.39 is 6.04 Å². The van der Waals surface area contributed by atoms with E-state index in [1.54, 1.807) is 24.0 Å². The summed E-state index contributed by atoms with van der Waals surface area (Å²) in [5, 5.41) is 6.98. The Labute approximate surface area is 139 Å².